The number of aryl methyl sites for hydroxylation is 1. The van der Waals surface area contributed by atoms with Crippen LogP contribution in [0.1, 0.15) is 27.5 Å². The highest BCUT2D eigenvalue weighted by molar-refractivity contribution is 5.96. The summed E-state index contributed by atoms with van der Waals surface area (Å²) in [5.74, 6) is 0.336. The first-order valence-electron chi connectivity index (χ1n) is 7.28. The SMILES string of the molecule is Cc1cc(C(=O)N/N=C\c2ccco2)c(C)n1-c1ccccc1. The van der Waals surface area contributed by atoms with Gasteiger partial charge in [-0.1, -0.05) is 18.2 Å². The van der Waals surface area contributed by atoms with E-state index in [2.05, 4.69) is 10.5 Å². The van der Waals surface area contributed by atoms with Crippen molar-refractivity contribution in [3.63, 3.8) is 0 Å². The largest absolute Gasteiger partial charge is 0.463 e. The maximum atomic E-state index is 12.3. The highest BCUT2D eigenvalue weighted by Gasteiger charge is 2.16. The topological polar surface area (TPSA) is 59.5 Å². The Morgan fingerprint density at radius 3 is 2.65 bits per heavy atom. The molecule has 0 saturated carbocycles. The van der Waals surface area contributed by atoms with Gasteiger partial charge in [0.25, 0.3) is 5.91 Å². The van der Waals surface area contributed by atoms with Crippen LogP contribution in [0.2, 0.25) is 0 Å². The van der Waals surface area contributed by atoms with Crippen LogP contribution in [0.3, 0.4) is 0 Å². The summed E-state index contributed by atoms with van der Waals surface area (Å²) in [6, 6.07) is 15.3. The summed E-state index contributed by atoms with van der Waals surface area (Å²) in [7, 11) is 0. The Hall–Kier alpha value is -3.08. The predicted octanol–water partition coefficient (Wildman–Crippen LogP) is 3.45. The molecule has 0 aliphatic carbocycles. The van der Waals surface area contributed by atoms with Gasteiger partial charge in [-0.15, -0.1) is 0 Å². The molecule has 0 unspecified atom stereocenters. The van der Waals surface area contributed by atoms with Crippen molar-refractivity contribution in [2.24, 2.45) is 5.10 Å². The molecule has 2 aromatic heterocycles. The molecule has 0 spiro atoms. The van der Waals surface area contributed by atoms with Gasteiger partial charge in [0.1, 0.15) is 5.76 Å². The molecule has 3 aromatic rings. The van der Waals surface area contributed by atoms with E-state index in [0.717, 1.165) is 17.1 Å². The lowest BCUT2D eigenvalue weighted by Crippen LogP contribution is -2.18. The van der Waals surface area contributed by atoms with Crippen molar-refractivity contribution in [1.82, 2.24) is 9.99 Å². The molecule has 0 aliphatic rings. The third kappa shape index (κ3) is 3.08. The van der Waals surface area contributed by atoms with E-state index in [1.165, 1.54) is 6.21 Å². The van der Waals surface area contributed by atoms with Crippen LogP contribution in [0, 0.1) is 13.8 Å². The van der Waals surface area contributed by atoms with Crippen molar-refractivity contribution in [3.05, 3.63) is 77.5 Å². The molecule has 5 nitrogen and oxygen atoms in total. The van der Waals surface area contributed by atoms with Gasteiger partial charge in [-0.25, -0.2) is 5.43 Å². The number of nitrogens with zero attached hydrogens (tertiary/aromatic N) is 2. The van der Waals surface area contributed by atoms with E-state index < -0.39 is 0 Å². The molecule has 0 saturated heterocycles. The van der Waals surface area contributed by atoms with Gasteiger partial charge in [-0.05, 0) is 44.2 Å². The standard InChI is InChI=1S/C18H17N3O2/c1-13-11-17(14(2)21(13)15-7-4-3-5-8-15)18(22)20-19-12-16-9-6-10-23-16/h3-12H,1-2H3,(H,20,22)/b19-12-. The van der Waals surface area contributed by atoms with Crippen LogP contribution >= 0.6 is 0 Å². The number of amides is 1. The first kappa shape index (κ1) is 14.8. The molecule has 1 N–H and O–H groups in total. The molecule has 0 radical (unpaired) electrons. The molecule has 0 aliphatic heterocycles. The molecule has 3 rings (SSSR count). The Bertz CT molecular complexity index is 831. The monoisotopic (exact) mass is 307 g/mol. The van der Waals surface area contributed by atoms with Gasteiger partial charge < -0.3 is 8.98 Å². The van der Waals surface area contributed by atoms with E-state index in [0.29, 0.717) is 11.3 Å². The number of carbonyl (C=O) groups is 1. The summed E-state index contributed by atoms with van der Waals surface area (Å²) >= 11 is 0. The Balaban J connectivity index is 1.82. The van der Waals surface area contributed by atoms with Crippen LogP contribution in [0.25, 0.3) is 5.69 Å². The van der Waals surface area contributed by atoms with Crippen molar-refractivity contribution in [2.45, 2.75) is 13.8 Å². The van der Waals surface area contributed by atoms with Crippen molar-refractivity contribution in [1.29, 1.82) is 0 Å². The fourth-order valence-corrected chi connectivity index (χ4v) is 2.55. The van der Waals surface area contributed by atoms with Crippen LogP contribution in [0.15, 0.2) is 64.3 Å². The lowest BCUT2D eigenvalue weighted by atomic mass is 10.2. The smallest absolute Gasteiger partial charge is 0.273 e. The molecule has 0 bridgehead atoms. The number of aromatic nitrogens is 1. The Kier molecular flexibility index (Phi) is 4.10. The van der Waals surface area contributed by atoms with E-state index >= 15 is 0 Å². The van der Waals surface area contributed by atoms with Gasteiger partial charge in [0, 0.05) is 17.1 Å². The number of furan rings is 1. The molecule has 116 valence electrons. The normalized spacial score (nSPS) is 11.0. The maximum absolute atomic E-state index is 12.3. The lowest BCUT2D eigenvalue weighted by molar-refractivity contribution is 0.0954. The second-order valence-electron chi connectivity index (χ2n) is 5.17. The molecule has 1 amide bonds. The molecule has 2 heterocycles. The predicted molar refractivity (Wildman–Crippen MR) is 89.0 cm³/mol. The second kappa shape index (κ2) is 6.36. The molecule has 0 fully saturated rings. The number of rotatable bonds is 4. The van der Waals surface area contributed by atoms with E-state index in [4.69, 9.17) is 4.42 Å². The minimum Gasteiger partial charge on any atom is -0.463 e. The number of hydrogen-bond donors (Lipinski definition) is 1. The average molecular weight is 307 g/mol. The van der Waals surface area contributed by atoms with E-state index in [9.17, 15) is 4.79 Å². The van der Waals surface area contributed by atoms with Gasteiger partial charge >= 0.3 is 0 Å². The van der Waals surface area contributed by atoms with Crippen LogP contribution < -0.4 is 5.43 Å². The third-order valence-corrected chi connectivity index (χ3v) is 3.59. The number of nitrogens with one attached hydrogen (secondary N) is 1. The molecule has 0 atom stereocenters. The van der Waals surface area contributed by atoms with Crippen molar-refractivity contribution < 1.29 is 9.21 Å². The van der Waals surface area contributed by atoms with Crippen LogP contribution in [0.5, 0.6) is 0 Å². The summed E-state index contributed by atoms with van der Waals surface area (Å²) < 4.78 is 7.17. The number of hydrazone groups is 1. The highest BCUT2D eigenvalue weighted by Crippen LogP contribution is 2.20. The summed E-state index contributed by atoms with van der Waals surface area (Å²) in [6.45, 7) is 3.90. The fourth-order valence-electron chi connectivity index (χ4n) is 2.55. The van der Waals surface area contributed by atoms with Crippen molar-refractivity contribution in [3.8, 4) is 5.69 Å². The average Bonchev–Trinajstić information content (AvgIpc) is 3.16. The number of benzene rings is 1. The van der Waals surface area contributed by atoms with Gasteiger partial charge in [-0.3, -0.25) is 4.79 Å². The van der Waals surface area contributed by atoms with E-state index in [1.54, 1.807) is 18.4 Å². The minimum absolute atomic E-state index is 0.247. The number of para-hydroxylation sites is 1. The zero-order chi connectivity index (χ0) is 16.2. The van der Waals surface area contributed by atoms with Gasteiger partial charge in [0.2, 0.25) is 0 Å². The van der Waals surface area contributed by atoms with Crippen LogP contribution in [-0.2, 0) is 0 Å². The first-order valence-corrected chi connectivity index (χ1v) is 7.28. The molecule has 1 aromatic carbocycles. The zero-order valence-electron chi connectivity index (χ0n) is 13.0. The van der Waals surface area contributed by atoms with Gasteiger partial charge in [0.15, 0.2) is 0 Å². The summed E-state index contributed by atoms with van der Waals surface area (Å²) in [6.07, 6.45) is 3.02. The maximum Gasteiger partial charge on any atom is 0.273 e. The summed E-state index contributed by atoms with van der Waals surface area (Å²) in [5, 5.41) is 3.92. The molecular weight excluding hydrogens is 290 g/mol. The first-order chi connectivity index (χ1) is 11.2. The number of hydrogen-bond acceptors (Lipinski definition) is 3. The lowest BCUT2D eigenvalue weighted by Gasteiger charge is -2.09. The minimum atomic E-state index is -0.247. The van der Waals surface area contributed by atoms with Gasteiger partial charge in [-0.2, -0.15) is 5.10 Å². The van der Waals surface area contributed by atoms with E-state index in [-0.39, 0.29) is 5.91 Å². The van der Waals surface area contributed by atoms with E-state index in [1.807, 2.05) is 54.8 Å². The molecular formula is C18H17N3O2. The fraction of sp³-hybridized carbons (Fsp3) is 0.111. The Labute approximate surface area is 134 Å². The van der Waals surface area contributed by atoms with Crippen molar-refractivity contribution >= 4 is 12.1 Å². The summed E-state index contributed by atoms with van der Waals surface area (Å²) in [5.41, 5.74) is 6.02. The zero-order valence-corrected chi connectivity index (χ0v) is 13.0. The van der Waals surface area contributed by atoms with Crippen LogP contribution in [-0.4, -0.2) is 16.7 Å². The highest BCUT2D eigenvalue weighted by atomic mass is 16.3. The Morgan fingerprint density at radius 2 is 1.96 bits per heavy atom. The Morgan fingerprint density at radius 1 is 1.17 bits per heavy atom. The summed E-state index contributed by atoms with van der Waals surface area (Å²) in [4.78, 5) is 12.3. The molecule has 5 heteroatoms. The quantitative estimate of drug-likeness (QED) is 0.593. The van der Waals surface area contributed by atoms with Crippen molar-refractivity contribution in [2.75, 3.05) is 0 Å². The van der Waals surface area contributed by atoms with Crippen LogP contribution in [0.4, 0.5) is 0 Å². The number of carbonyl (C=O) groups excluding carboxylic acids is 1. The molecule has 23 heavy (non-hydrogen) atoms. The third-order valence-electron chi connectivity index (χ3n) is 3.59. The van der Waals surface area contributed by atoms with Gasteiger partial charge in [0.05, 0.1) is 18.0 Å². The second-order valence-corrected chi connectivity index (χ2v) is 5.17.